The zero-order valence-corrected chi connectivity index (χ0v) is 10.1. The molecule has 3 N–H and O–H groups in total. The molecule has 0 aliphatic heterocycles. The molecule has 4 nitrogen and oxygen atoms in total. The zero-order valence-electron chi connectivity index (χ0n) is 10.1. The van der Waals surface area contributed by atoms with Gasteiger partial charge in [0.25, 0.3) is 0 Å². The molecule has 0 aromatic heterocycles. The standard InChI is InChI=1S/C14H15NO3/c1-18-14(17)12(15)8-10-7-6-9-4-2-3-5-11(9)13(10)16/h2-7,12,16H,8,15H2,1H3. The molecule has 2 aromatic rings. The Balaban J connectivity index is 2.35. The number of aromatic hydroxyl groups is 1. The van der Waals surface area contributed by atoms with Gasteiger partial charge < -0.3 is 15.6 Å². The van der Waals surface area contributed by atoms with Gasteiger partial charge in [-0.25, -0.2) is 0 Å². The molecule has 2 rings (SSSR count). The van der Waals surface area contributed by atoms with Gasteiger partial charge in [0.2, 0.25) is 0 Å². The largest absolute Gasteiger partial charge is 0.507 e. The number of nitrogens with two attached hydrogens (primary N) is 1. The van der Waals surface area contributed by atoms with Crippen molar-refractivity contribution >= 4 is 16.7 Å². The van der Waals surface area contributed by atoms with Crippen LogP contribution in [-0.4, -0.2) is 24.2 Å². The van der Waals surface area contributed by atoms with Crippen molar-refractivity contribution in [2.45, 2.75) is 12.5 Å². The second kappa shape index (κ2) is 5.06. The van der Waals surface area contributed by atoms with Crippen LogP contribution in [0.5, 0.6) is 5.75 Å². The number of ether oxygens (including phenoxy) is 1. The first-order chi connectivity index (χ1) is 8.63. The van der Waals surface area contributed by atoms with Crippen LogP contribution < -0.4 is 5.73 Å². The Morgan fingerprint density at radius 3 is 2.78 bits per heavy atom. The van der Waals surface area contributed by atoms with E-state index < -0.39 is 12.0 Å². The number of phenolic OH excluding ortho intramolecular Hbond substituents is 1. The first kappa shape index (κ1) is 12.4. The summed E-state index contributed by atoms with van der Waals surface area (Å²) in [6, 6.07) is 10.4. The predicted octanol–water partition coefficient (Wildman–Crippen LogP) is 1.59. The molecule has 1 atom stereocenters. The summed E-state index contributed by atoms with van der Waals surface area (Å²) in [4.78, 5) is 11.3. The highest BCUT2D eigenvalue weighted by Gasteiger charge is 2.17. The summed E-state index contributed by atoms with van der Waals surface area (Å²) in [5.74, 6) is -0.310. The number of hydrogen-bond donors (Lipinski definition) is 2. The highest BCUT2D eigenvalue weighted by atomic mass is 16.5. The van der Waals surface area contributed by atoms with E-state index in [1.54, 1.807) is 6.07 Å². The molecule has 0 radical (unpaired) electrons. The third-order valence-corrected chi connectivity index (χ3v) is 2.93. The lowest BCUT2D eigenvalue weighted by Gasteiger charge is -2.12. The SMILES string of the molecule is COC(=O)C(N)Cc1ccc2ccccc2c1O. The maximum absolute atomic E-state index is 11.3. The lowest BCUT2D eigenvalue weighted by atomic mass is 10.0. The number of rotatable bonds is 3. The summed E-state index contributed by atoms with van der Waals surface area (Å²) >= 11 is 0. The minimum absolute atomic E-state index is 0.174. The summed E-state index contributed by atoms with van der Waals surface area (Å²) < 4.78 is 4.57. The van der Waals surface area contributed by atoms with Crippen molar-refractivity contribution in [3.8, 4) is 5.75 Å². The van der Waals surface area contributed by atoms with Gasteiger partial charge in [0.05, 0.1) is 7.11 Å². The van der Waals surface area contributed by atoms with Gasteiger partial charge in [0, 0.05) is 11.8 Å². The molecule has 1 unspecified atom stereocenters. The van der Waals surface area contributed by atoms with Gasteiger partial charge in [0.1, 0.15) is 11.8 Å². The van der Waals surface area contributed by atoms with E-state index in [1.165, 1.54) is 7.11 Å². The van der Waals surface area contributed by atoms with Crippen molar-refractivity contribution < 1.29 is 14.6 Å². The molecule has 0 aliphatic rings. The number of fused-ring (bicyclic) bond motifs is 1. The average molecular weight is 245 g/mol. The minimum atomic E-state index is -0.762. The normalized spacial score (nSPS) is 12.3. The summed E-state index contributed by atoms with van der Waals surface area (Å²) in [5.41, 5.74) is 6.33. The molecule has 0 amide bonds. The Bertz CT molecular complexity index is 580. The van der Waals surface area contributed by atoms with Crippen LogP contribution in [0.25, 0.3) is 10.8 Å². The Morgan fingerprint density at radius 1 is 1.33 bits per heavy atom. The van der Waals surface area contributed by atoms with Gasteiger partial charge in [0.15, 0.2) is 0 Å². The Kier molecular flexibility index (Phi) is 3.48. The fourth-order valence-corrected chi connectivity index (χ4v) is 1.94. The van der Waals surface area contributed by atoms with Crippen LogP contribution in [0.2, 0.25) is 0 Å². The van der Waals surface area contributed by atoms with E-state index in [2.05, 4.69) is 4.74 Å². The maximum Gasteiger partial charge on any atom is 0.322 e. The van der Waals surface area contributed by atoms with Crippen molar-refractivity contribution in [1.29, 1.82) is 0 Å². The molecule has 94 valence electrons. The van der Waals surface area contributed by atoms with Gasteiger partial charge in [-0.2, -0.15) is 0 Å². The van der Waals surface area contributed by atoms with Crippen molar-refractivity contribution in [3.05, 3.63) is 42.0 Å². The molecular weight excluding hydrogens is 230 g/mol. The van der Waals surface area contributed by atoms with Crippen LogP contribution in [-0.2, 0) is 16.0 Å². The van der Waals surface area contributed by atoms with Gasteiger partial charge in [-0.1, -0.05) is 36.4 Å². The highest BCUT2D eigenvalue weighted by Crippen LogP contribution is 2.29. The first-order valence-electron chi connectivity index (χ1n) is 5.66. The number of phenols is 1. The van der Waals surface area contributed by atoms with E-state index in [-0.39, 0.29) is 12.2 Å². The monoisotopic (exact) mass is 245 g/mol. The van der Waals surface area contributed by atoms with E-state index in [9.17, 15) is 9.90 Å². The molecule has 0 saturated heterocycles. The molecule has 4 heteroatoms. The van der Waals surface area contributed by atoms with E-state index in [0.29, 0.717) is 5.56 Å². The summed E-state index contributed by atoms with van der Waals surface area (Å²) in [5, 5.41) is 11.9. The predicted molar refractivity (Wildman–Crippen MR) is 69.3 cm³/mol. The third-order valence-electron chi connectivity index (χ3n) is 2.93. The van der Waals surface area contributed by atoms with Crippen molar-refractivity contribution in [3.63, 3.8) is 0 Å². The third kappa shape index (κ3) is 2.28. The molecule has 0 bridgehead atoms. The van der Waals surface area contributed by atoms with Crippen LogP contribution in [0.3, 0.4) is 0 Å². The number of methoxy groups -OCH3 is 1. The highest BCUT2D eigenvalue weighted by molar-refractivity contribution is 5.89. The average Bonchev–Trinajstić information content (AvgIpc) is 2.41. The van der Waals surface area contributed by atoms with Crippen molar-refractivity contribution in [2.75, 3.05) is 7.11 Å². The molecular formula is C14H15NO3. The summed E-state index contributed by atoms with van der Waals surface area (Å²) in [6.07, 6.45) is 0.253. The van der Waals surface area contributed by atoms with E-state index in [0.717, 1.165) is 10.8 Å². The minimum Gasteiger partial charge on any atom is -0.507 e. The summed E-state index contributed by atoms with van der Waals surface area (Å²) in [6.45, 7) is 0. The lowest BCUT2D eigenvalue weighted by Crippen LogP contribution is -2.33. The fourth-order valence-electron chi connectivity index (χ4n) is 1.94. The Labute approximate surface area is 105 Å². The molecule has 0 fully saturated rings. The van der Waals surface area contributed by atoms with Gasteiger partial charge >= 0.3 is 5.97 Å². The van der Waals surface area contributed by atoms with Crippen LogP contribution >= 0.6 is 0 Å². The number of esters is 1. The van der Waals surface area contributed by atoms with Gasteiger partial charge in [-0.3, -0.25) is 4.79 Å². The lowest BCUT2D eigenvalue weighted by molar-refractivity contribution is -0.142. The first-order valence-corrected chi connectivity index (χ1v) is 5.66. The van der Waals surface area contributed by atoms with Crippen LogP contribution in [0.15, 0.2) is 36.4 Å². The fraction of sp³-hybridized carbons (Fsp3) is 0.214. The second-order valence-corrected chi connectivity index (χ2v) is 4.13. The molecule has 18 heavy (non-hydrogen) atoms. The van der Waals surface area contributed by atoms with E-state index in [4.69, 9.17) is 5.73 Å². The Morgan fingerprint density at radius 2 is 2.06 bits per heavy atom. The molecule has 0 saturated carbocycles. The number of carbonyl (C=O) groups excluding carboxylic acids is 1. The zero-order chi connectivity index (χ0) is 13.1. The molecule has 0 spiro atoms. The molecule has 2 aromatic carbocycles. The maximum atomic E-state index is 11.3. The topological polar surface area (TPSA) is 72.5 Å². The van der Waals surface area contributed by atoms with Crippen LogP contribution in [0, 0.1) is 0 Å². The summed E-state index contributed by atoms with van der Waals surface area (Å²) in [7, 11) is 1.29. The molecule has 0 heterocycles. The van der Waals surface area contributed by atoms with E-state index >= 15 is 0 Å². The van der Waals surface area contributed by atoms with E-state index in [1.807, 2.05) is 30.3 Å². The number of hydrogen-bond acceptors (Lipinski definition) is 4. The molecule has 0 aliphatic carbocycles. The second-order valence-electron chi connectivity index (χ2n) is 4.13. The quantitative estimate of drug-likeness (QED) is 0.805. The van der Waals surface area contributed by atoms with Crippen LogP contribution in [0.4, 0.5) is 0 Å². The number of carbonyl (C=O) groups is 1. The Hall–Kier alpha value is -2.07. The van der Waals surface area contributed by atoms with Gasteiger partial charge in [-0.15, -0.1) is 0 Å². The van der Waals surface area contributed by atoms with Crippen LogP contribution in [0.1, 0.15) is 5.56 Å². The number of benzene rings is 2. The van der Waals surface area contributed by atoms with Gasteiger partial charge in [-0.05, 0) is 10.9 Å². The van der Waals surface area contributed by atoms with Crippen molar-refractivity contribution in [1.82, 2.24) is 0 Å². The van der Waals surface area contributed by atoms with Crippen molar-refractivity contribution in [2.24, 2.45) is 5.73 Å². The smallest absolute Gasteiger partial charge is 0.322 e.